The van der Waals surface area contributed by atoms with E-state index < -0.39 is 0 Å². The molecule has 17 heavy (non-hydrogen) atoms. The molecule has 1 aliphatic carbocycles. The van der Waals surface area contributed by atoms with Crippen LogP contribution in [0.25, 0.3) is 0 Å². The Hall–Kier alpha value is -0.870. The molecular formula is C13H23N3O. The maximum atomic E-state index is 5.59. The number of methoxy groups -OCH3 is 1. The summed E-state index contributed by atoms with van der Waals surface area (Å²) in [5, 5.41) is 7.82. The third-order valence-corrected chi connectivity index (χ3v) is 3.69. The molecule has 96 valence electrons. The molecule has 1 saturated carbocycles. The van der Waals surface area contributed by atoms with Crippen molar-refractivity contribution in [1.29, 1.82) is 0 Å². The van der Waals surface area contributed by atoms with Gasteiger partial charge in [-0.1, -0.05) is 6.92 Å². The summed E-state index contributed by atoms with van der Waals surface area (Å²) in [6.45, 7) is 5.00. The van der Waals surface area contributed by atoms with Gasteiger partial charge in [-0.15, -0.1) is 0 Å². The van der Waals surface area contributed by atoms with E-state index in [1.807, 2.05) is 13.3 Å². The molecule has 1 fully saturated rings. The van der Waals surface area contributed by atoms with Crippen LogP contribution < -0.4 is 5.32 Å². The molecule has 0 aliphatic heterocycles. The second kappa shape index (κ2) is 5.65. The number of ether oxygens (including phenoxy) is 1. The van der Waals surface area contributed by atoms with Crippen LogP contribution in [0.3, 0.4) is 0 Å². The first-order chi connectivity index (χ1) is 8.29. The summed E-state index contributed by atoms with van der Waals surface area (Å²) in [5.41, 5.74) is 1.37. The number of rotatable bonds is 7. The Morgan fingerprint density at radius 2 is 2.35 bits per heavy atom. The average molecular weight is 237 g/mol. The first kappa shape index (κ1) is 12.6. The fourth-order valence-electron chi connectivity index (χ4n) is 2.37. The number of hydrogen-bond acceptors (Lipinski definition) is 3. The lowest BCUT2D eigenvalue weighted by Crippen LogP contribution is -2.47. The zero-order valence-corrected chi connectivity index (χ0v) is 10.9. The van der Waals surface area contributed by atoms with Crippen molar-refractivity contribution in [1.82, 2.24) is 15.1 Å². The third kappa shape index (κ3) is 2.87. The van der Waals surface area contributed by atoms with Crippen molar-refractivity contribution < 1.29 is 4.74 Å². The van der Waals surface area contributed by atoms with Gasteiger partial charge in [-0.25, -0.2) is 0 Å². The Labute approximate surface area is 103 Å². The molecule has 0 radical (unpaired) electrons. The maximum Gasteiger partial charge on any atom is 0.0802 e. The fraction of sp³-hybridized carbons (Fsp3) is 0.769. The van der Waals surface area contributed by atoms with Crippen LogP contribution in [-0.2, 0) is 17.8 Å². The van der Waals surface area contributed by atoms with Crippen molar-refractivity contribution in [2.24, 2.45) is 0 Å². The van der Waals surface area contributed by atoms with Crippen LogP contribution in [0.2, 0.25) is 0 Å². The molecule has 1 aliphatic rings. The lowest BCUT2D eigenvalue weighted by Gasteiger charge is -2.40. The zero-order valence-electron chi connectivity index (χ0n) is 10.9. The average Bonchev–Trinajstić information content (AvgIpc) is 2.71. The summed E-state index contributed by atoms with van der Waals surface area (Å²) < 4.78 is 7.66. The van der Waals surface area contributed by atoms with E-state index in [4.69, 9.17) is 4.74 Å². The molecule has 0 atom stereocenters. The van der Waals surface area contributed by atoms with Crippen molar-refractivity contribution in [2.75, 3.05) is 13.7 Å². The van der Waals surface area contributed by atoms with Gasteiger partial charge in [-0.3, -0.25) is 4.68 Å². The van der Waals surface area contributed by atoms with Gasteiger partial charge >= 0.3 is 0 Å². The lowest BCUT2D eigenvalue weighted by atomic mass is 9.80. The summed E-state index contributed by atoms with van der Waals surface area (Å²) >= 11 is 0. The van der Waals surface area contributed by atoms with E-state index >= 15 is 0 Å². The molecule has 0 spiro atoms. The molecular weight excluding hydrogens is 214 g/mol. The van der Waals surface area contributed by atoms with Gasteiger partial charge in [0.15, 0.2) is 0 Å². The Bertz CT molecular complexity index is 339. The van der Waals surface area contributed by atoms with Gasteiger partial charge in [0.2, 0.25) is 0 Å². The van der Waals surface area contributed by atoms with Crippen LogP contribution in [0.4, 0.5) is 0 Å². The number of nitrogens with zero attached hydrogens (tertiary/aromatic N) is 2. The number of hydrogen-bond donors (Lipinski definition) is 1. The Morgan fingerprint density at radius 1 is 1.53 bits per heavy atom. The van der Waals surface area contributed by atoms with Gasteiger partial charge in [-0.05, 0) is 31.7 Å². The lowest BCUT2D eigenvalue weighted by molar-refractivity contribution is -0.0696. The smallest absolute Gasteiger partial charge is 0.0802 e. The van der Waals surface area contributed by atoms with Crippen LogP contribution in [0.5, 0.6) is 0 Å². The number of aryl methyl sites for hydroxylation is 1. The van der Waals surface area contributed by atoms with Gasteiger partial charge in [0, 0.05) is 32.9 Å². The first-order valence-corrected chi connectivity index (χ1v) is 6.56. The molecule has 1 N–H and O–H groups in total. The van der Waals surface area contributed by atoms with E-state index in [1.165, 1.54) is 25.0 Å². The molecule has 0 bridgehead atoms. The molecule has 0 saturated heterocycles. The largest absolute Gasteiger partial charge is 0.377 e. The van der Waals surface area contributed by atoms with Crippen molar-refractivity contribution in [2.45, 2.75) is 51.3 Å². The highest BCUT2D eigenvalue weighted by atomic mass is 16.5. The molecule has 1 aromatic rings. The molecule has 0 aromatic carbocycles. The summed E-state index contributed by atoms with van der Waals surface area (Å²) in [6, 6.07) is 2.09. The van der Waals surface area contributed by atoms with Gasteiger partial charge < -0.3 is 10.1 Å². The predicted molar refractivity (Wildman–Crippen MR) is 67.8 cm³/mol. The van der Waals surface area contributed by atoms with Gasteiger partial charge in [0.25, 0.3) is 0 Å². The van der Waals surface area contributed by atoms with E-state index in [0.717, 1.165) is 26.1 Å². The van der Waals surface area contributed by atoms with E-state index in [0.29, 0.717) is 0 Å². The quantitative estimate of drug-likeness (QED) is 0.788. The minimum absolute atomic E-state index is 0.107. The molecule has 0 unspecified atom stereocenters. The number of aromatic nitrogens is 2. The monoisotopic (exact) mass is 237 g/mol. The second-order valence-corrected chi connectivity index (χ2v) is 4.89. The third-order valence-electron chi connectivity index (χ3n) is 3.69. The molecule has 0 amide bonds. The topological polar surface area (TPSA) is 39.1 Å². The molecule has 2 rings (SSSR count). The standard InChI is InChI=1S/C13H23N3O/c1-3-9-16-12(5-8-15-16)10-14-11-13(17-2)6-4-7-13/h5,8,14H,3-4,6-7,9-11H2,1-2H3. The number of nitrogens with one attached hydrogen (secondary N) is 1. The van der Waals surface area contributed by atoms with E-state index in [1.54, 1.807) is 0 Å². The summed E-state index contributed by atoms with van der Waals surface area (Å²) in [7, 11) is 1.82. The van der Waals surface area contributed by atoms with Crippen LogP contribution in [0.1, 0.15) is 38.3 Å². The minimum atomic E-state index is 0.107. The van der Waals surface area contributed by atoms with Crippen LogP contribution >= 0.6 is 0 Å². The van der Waals surface area contributed by atoms with Crippen molar-refractivity contribution in [3.05, 3.63) is 18.0 Å². The fourth-order valence-corrected chi connectivity index (χ4v) is 2.37. The van der Waals surface area contributed by atoms with Gasteiger partial charge in [0.1, 0.15) is 0 Å². The molecule has 4 nitrogen and oxygen atoms in total. The highest BCUT2D eigenvalue weighted by molar-refractivity contribution is 5.01. The summed E-state index contributed by atoms with van der Waals surface area (Å²) in [6.07, 6.45) is 6.66. The van der Waals surface area contributed by atoms with Gasteiger partial charge in [0.05, 0.1) is 11.3 Å². The first-order valence-electron chi connectivity index (χ1n) is 6.56. The normalized spacial score (nSPS) is 18.0. The Kier molecular flexibility index (Phi) is 4.18. The molecule has 4 heteroatoms. The highest BCUT2D eigenvalue weighted by Crippen LogP contribution is 2.34. The van der Waals surface area contributed by atoms with Crippen molar-refractivity contribution in [3.8, 4) is 0 Å². The maximum absolute atomic E-state index is 5.59. The second-order valence-electron chi connectivity index (χ2n) is 4.89. The zero-order chi connectivity index (χ0) is 12.1. The van der Waals surface area contributed by atoms with E-state index in [9.17, 15) is 0 Å². The molecule has 1 aromatic heterocycles. The van der Waals surface area contributed by atoms with E-state index in [-0.39, 0.29) is 5.60 Å². The van der Waals surface area contributed by atoms with Crippen LogP contribution in [0.15, 0.2) is 12.3 Å². The van der Waals surface area contributed by atoms with Crippen LogP contribution in [0, 0.1) is 0 Å². The van der Waals surface area contributed by atoms with E-state index in [2.05, 4.69) is 28.1 Å². The molecule has 1 heterocycles. The van der Waals surface area contributed by atoms with Crippen molar-refractivity contribution in [3.63, 3.8) is 0 Å². The van der Waals surface area contributed by atoms with Crippen molar-refractivity contribution >= 4 is 0 Å². The van der Waals surface area contributed by atoms with Crippen LogP contribution in [-0.4, -0.2) is 29.0 Å². The highest BCUT2D eigenvalue weighted by Gasteiger charge is 2.36. The predicted octanol–water partition coefficient (Wildman–Crippen LogP) is 1.95. The Balaban J connectivity index is 1.79. The Morgan fingerprint density at radius 3 is 2.94 bits per heavy atom. The SMILES string of the molecule is CCCn1nccc1CNCC1(OC)CCC1. The summed E-state index contributed by atoms with van der Waals surface area (Å²) in [5.74, 6) is 0. The summed E-state index contributed by atoms with van der Waals surface area (Å²) in [4.78, 5) is 0. The minimum Gasteiger partial charge on any atom is -0.377 e. The van der Waals surface area contributed by atoms with Gasteiger partial charge in [-0.2, -0.15) is 5.10 Å².